The first-order valence-electron chi connectivity index (χ1n) is 5.55. The molecule has 0 saturated heterocycles. The molecular weight excluding hydrogens is 192 g/mol. The van der Waals surface area contributed by atoms with Crippen molar-refractivity contribution in [3.05, 3.63) is 35.9 Å². The second kappa shape index (κ2) is 3.27. The van der Waals surface area contributed by atoms with E-state index < -0.39 is 0 Å². The number of halogens is 1. The molecule has 0 spiro atoms. The third-order valence-corrected chi connectivity index (χ3v) is 4.52. The summed E-state index contributed by atoms with van der Waals surface area (Å²) >= 11 is 6.35. The molecule has 2 fully saturated rings. The molecule has 4 unspecified atom stereocenters. The standard InChI is InChI=1S/C13H15Cl/c14-12-8-10-6-7-11(12)13(10)9-4-2-1-3-5-9/h1-5,10-13H,6-8H2. The summed E-state index contributed by atoms with van der Waals surface area (Å²) in [6.45, 7) is 0. The highest BCUT2D eigenvalue weighted by Gasteiger charge is 2.47. The Bertz CT molecular complexity index is 319. The van der Waals surface area contributed by atoms with Crippen LogP contribution in [0.4, 0.5) is 0 Å². The van der Waals surface area contributed by atoms with Crippen molar-refractivity contribution in [3.63, 3.8) is 0 Å². The van der Waals surface area contributed by atoms with Crippen LogP contribution in [0.15, 0.2) is 30.3 Å². The van der Waals surface area contributed by atoms with Gasteiger partial charge in [0.05, 0.1) is 0 Å². The minimum atomic E-state index is 0.443. The molecule has 74 valence electrons. The molecule has 0 radical (unpaired) electrons. The Balaban J connectivity index is 1.94. The van der Waals surface area contributed by atoms with Crippen molar-refractivity contribution in [2.75, 3.05) is 0 Å². The Morgan fingerprint density at radius 1 is 1.07 bits per heavy atom. The van der Waals surface area contributed by atoms with E-state index in [4.69, 9.17) is 11.6 Å². The number of alkyl halides is 1. The molecule has 0 heterocycles. The third kappa shape index (κ3) is 1.20. The third-order valence-electron chi connectivity index (χ3n) is 4.02. The van der Waals surface area contributed by atoms with Crippen LogP contribution in [0.25, 0.3) is 0 Å². The maximum atomic E-state index is 6.35. The first-order valence-corrected chi connectivity index (χ1v) is 5.99. The fraction of sp³-hybridized carbons (Fsp3) is 0.538. The highest BCUT2D eigenvalue weighted by atomic mass is 35.5. The smallest absolute Gasteiger partial charge is 0.0373 e. The van der Waals surface area contributed by atoms with Gasteiger partial charge in [-0.1, -0.05) is 30.3 Å². The highest BCUT2D eigenvalue weighted by molar-refractivity contribution is 6.21. The minimum absolute atomic E-state index is 0.443. The molecule has 4 atom stereocenters. The van der Waals surface area contributed by atoms with Crippen LogP contribution in [0.1, 0.15) is 30.7 Å². The molecule has 2 saturated carbocycles. The van der Waals surface area contributed by atoms with Crippen molar-refractivity contribution >= 4 is 11.6 Å². The van der Waals surface area contributed by atoms with Gasteiger partial charge in [0, 0.05) is 5.38 Å². The summed E-state index contributed by atoms with van der Waals surface area (Å²) in [5, 5.41) is 0.443. The summed E-state index contributed by atoms with van der Waals surface area (Å²) in [7, 11) is 0. The monoisotopic (exact) mass is 206 g/mol. The maximum absolute atomic E-state index is 6.35. The van der Waals surface area contributed by atoms with Crippen LogP contribution in [-0.2, 0) is 0 Å². The van der Waals surface area contributed by atoms with Gasteiger partial charge >= 0.3 is 0 Å². The van der Waals surface area contributed by atoms with Crippen molar-refractivity contribution < 1.29 is 0 Å². The van der Waals surface area contributed by atoms with E-state index in [9.17, 15) is 0 Å². The SMILES string of the molecule is ClC1CC2CCC1C2c1ccccc1. The average Bonchev–Trinajstić information content (AvgIpc) is 2.75. The number of hydrogen-bond acceptors (Lipinski definition) is 0. The predicted molar refractivity (Wildman–Crippen MR) is 59.7 cm³/mol. The molecule has 1 aromatic carbocycles. The van der Waals surface area contributed by atoms with Crippen LogP contribution in [0.5, 0.6) is 0 Å². The quantitative estimate of drug-likeness (QED) is 0.613. The van der Waals surface area contributed by atoms with E-state index in [1.54, 1.807) is 0 Å². The van der Waals surface area contributed by atoms with E-state index >= 15 is 0 Å². The summed E-state index contributed by atoms with van der Waals surface area (Å²) in [4.78, 5) is 0. The number of rotatable bonds is 1. The zero-order valence-corrected chi connectivity index (χ0v) is 8.95. The van der Waals surface area contributed by atoms with Crippen LogP contribution in [0.2, 0.25) is 0 Å². The summed E-state index contributed by atoms with van der Waals surface area (Å²) < 4.78 is 0. The molecule has 0 nitrogen and oxygen atoms in total. The van der Waals surface area contributed by atoms with E-state index in [1.165, 1.54) is 24.8 Å². The number of benzene rings is 1. The molecule has 14 heavy (non-hydrogen) atoms. The fourth-order valence-electron chi connectivity index (χ4n) is 3.44. The molecule has 2 bridgehead atoms. The lowest BCUT2D eigenvalue weighted by atomic mass is 9.90. The molecule has 2 aliphatic carbocycles. The Labute approximate surface area is 90.3 Å². The van der Waals surface area contributed by atoms with E-state index in [0.29, 0.717) is 5.38 Å². The predicted octanol–water partition coefficient (Wildman–Crippen LogP) is 3.81. The Morgan fingerprint density at radius 2 is 1.86 bits per heavy atom. The molecule has 1 aromatic rings. The van der Waals surface area contributed by atoms with Gasteiger partial charge in [-0.25, -0.2) is 0 Å². The lowest BCUT2D eigenvalue weighted by Gasteiger charge is -2.16. The van der Waals surface area contributed by atoms with Gasteiger partial charge in [-0.15, -0.1) is 11.6 Å². The van der Waals surface area contributed by atoms with Crippen molar-refractivity contribution in [2.24, 2.45) is 11.8 Å². The van der Waals surface area contributed by atoms with Gasteiger partial charge in [-0.3, -0.25) is 0 Å². The van der Waals surface area contributed by atoms with Crippen molar-refractivity contribution in [2.45, 2.75) is 30.6 Å². The number of hydrogen-bond donors (Lipinski definition) is 0. The van der Waals surface area contributed by atoms with Crippen LogP contribution >= 0.6 is 11.6 Å². The van der Waals surface area contributed by atoms with Gasteiger partial charge < -0.3 is 0 Å². The second-order valence-corrected chi connectivity index (χ2v) is 5.25. The zero-order chi connectivity index (χ0) is 9.54. The van der Waals surface area contributed by atoms with E-state index in [1.807, 2.05) is 0 Å². The van der Waals surface area contributed by atoms with E-state index in [-0.39, 0.29) is 0 Å². The lowest BCUT2D eigenvalue weighted by molar-refractivity contribution is 0.487. The summed E-state index contributed by atoms with van der Waals surface area (Å²) in [5.41, 5.74) is 1.52. The molecule has 0 N–H and O–H groups in total. The van der Waals surface area contributed by atoms with Gasteiger partial charge in [0.1, 0.15) is 0 Å². The summed E-state index contributed by atoms with van der Waals surface area (Å²) in [6.07, 6.45) is 3.98. The maximum Gasteiger partial charge on any atom is 0.0373 e. The Morgan fingerprint density at radius 3 is 2.43 bits per heavy atom. The minimum Gasteiger partial charge on any atom is -0.123 e. The molecule has 2 aliphatic rings. The van der Waals surface area contributed by atoms with Crippen molar-refractivity contribution in [3.8, 4) is 0 Å². The molecular formula is C13H15Cl. The molecule has 1 heteroatoms. The van der Waals surface area contributed by atoms with Gasteiger partial charge in [0.2, 0.25) is 0 Å². The Hall–Kier alpha value is -0.490. The van der Waals surface area contributed by atoms with Gasteiger partial charge in [0.25, 0.3) is 0 Å². The number of fused-ring (bicyclic) bond motifs is 2. The second-order valence-electron chi connectivity index (χ2n) is 4.69. The topological polar surface area (TPSA) is 0 Å². The first-order chi connectivity index (χ1) is 6.86. The normalized spacial score (nSPS) is 40.4. The van der Waals surface area contributed by atoms with Crippen LogP contribution in [0.3, 0.4) is 0 Å². The molecule has 0 amide bonds. The summed E-state index contributed by atoms with van der Waals surface area (Å²) in [5.74, 6) is 2.38. The average molecular weight is 207 g/mol. The van der Waals surface area contributed by atoms with E-state index in [2.05, 4.69) is 30.3 Å². The molecule has 0 aromatic heterocycles. The fourth-order valence-corrected chi connectivity index (χ4v) is 3.96. The van der Waals surface area contributed by atoms with Gasteiger partial charge in [0.15, 0.2) is 0 Å². The van der Waals surface area contributed by atoms with Crippen molar-refractivity contribution in [1.29, 1.82) is 0 Å². The first kappa shape index (κ1) is 8.79. The molecule has 3 rings (SSSR count). The van der Waals surface area contributed by atoms with E-state index in [0.717, 1.165) is 17.8 Å². The van der Waals surface area contributed by atoms with Gasteiger partial charge in [-0.05, 0) is 42.6 Å². The summed E-state index contributed by atoms with van der Waals surface area (Å²) in [6, 6.07) is 10.9. The van der Waals surface area contributed by atoms with Gasteiger partial charge in [-0.2, -0.15) is 0 Å². The lowest BCUT2D eigenvalue weighted by Crippen LogP contribution is -2.10. The van der Waals surface area contributed by atoms with Crippen LogP contribution < -0.4 is 0 Å². The largest absolute Gasteiger partial charge is 0.123 e. The van der Waals surface area contributed by atoms with Crippen LogP contribution in [0, 0.1) is 11.8 Å². The van der Waals surface area contributed by atoms with Crippen molar-refractivity contribution in [1.82, 2.24) is 0 Å². The zero-order valence-electron chi connectivity index (χ0n) is 8.20. The highest BCUT2D eigenvalue weighted by Crippen LogP contribution is 2.56. The van der Waals surface area contributed by atoms with Crippen LogP contribution in [-0.4, -0.2) is 5.38 Å². The molecule has 0 aliphatic heterocycles. The Kier molecular flexibility index (Phi) is 2.05.